The van der Waals surface area contributed by atoms with Crippen molar-refractivity contribution in [2.75, 3.05) is 13.7 Å². The molecule has 0 unspecified atom stereocenters. The lowest BCUT2D eigenvalue weighted by atomic mass is 10.2. The minimum Gasteiger partial charge on any atom is -0.385 e. The predicted octanol–water partition coefficient (Wildman–Crippen LogP) is 3.73. The molecule has 0 fully saturated rings. The Labute approximate surface area is 117 Å². The number of hydrogen-bond donors (Lipinski definition) is 0. The average molecular weight is 285 g/mol. The van der Waals surface area contributed by atoms with E-state index in [0.29, 0.717) is 5.88 Å². The number of aryl methyl sites for hydroxylation is 1. The summed E-state index contributed by atoms with van der Waals surface area (Å²) in [4.78, 5) is 4.43. The molecule has 2 rings (SSSR count). The highest BCUT2D eigenvalue weighted by atomic mass is 35.5. The first kappa shape index (κ1) is 14.3. The molecule has 0 aliphatic heterocycles. The van der Waals surface area contributed by atoms with Gasteiger partial charge in [0.15, 0.2) is 0 Å². The lowest BCUT2D eigenvalue weighted by Crippen LogP contribution is -2.03. The zero-order valence-corrected chi connectivity index (χ0v) is 11.8. The van der Waals surface area contributed by atoms with Crippen LogP contribution in [0.25, 0.3) is 11.0 Å². The number of alkyl halides is 1. The number of halogens is 2. The molecule has 0 saturated carbocycles. The van der Waals surface area contributed by atoms with Gasteiger partial charge in [-0.05, 0) is 37.5 Å². The summed E-state index contributed by atoms with van der Waals surface area (Å²) in [6, 6.07) is 4.64. The lowest BCUT2D eigenvalue weighted by molar-refractivity contribution is 0.191. The molecule has 1 heterocycles. The molecular formula is C14H18ClFN2O. The van der Waals surface area contributed by atoms with Crippen LogP contribution in [0.15, 0.2) is 18.2 Å². The number of aromatic nitrogens is 2. The number of nitrogens with zero attached hydrogens (tertiary/aromatic N) is 2. The Morgan fingerprint density at radius 3 is 2.89 bits per heavy atom. The van der Waals surface area contributed by atoms with Gasteiger partial charge in [-0.1, -0.05) is 0 Å². The van der Waals surface area contributed by atoms with Gasteiger partial charge in [-0.25, -0.2) is 9.37 Å². The number of imidazole rings is 1. The van der Waals surface area contributed by atoms with Crippen LogP contribution in [-0.2, 0) is 17.2 Å². The van der Waals surface area contributed by atoms with Crippen LogP contribution >= 0.6 is 11.6 Å². The number of benzene rings is 1. The molecule has 19 heavy (non-hydrogen) atoms. The molecule has 1 aromatic heterocycles. The van der Waals surface area contributed by atoms with Crippen LogP contribution in [0.3, 0.4) is 0 Å². The highest BCUT2D eigenvalue weighted by Crippen LogP contribution is 2.19. The highest BCUT2D eigenvalue weighted by molar-refractivity contribution is 6.16. The second-order valence-electron chi connectivity index (χ2n) is 4.50. The number of rotatable bonds is 7. The van der Waals surface area contributed by atoms with Gasteiger partial charge in [-0.15, -0.1) is 11.6 Å². The van der Waals surface area contributed by atoms with E-state index in [9.17, 15) is 4.39 Å². The summed E-state index contributed by atoms with van der Waals surface area (Å²) in [6.07, 6.45) is 3.12. The van der Waals surface area contributed by atoms with E-state index in [-0.39, 0.29) is 5.82 Å². The van der Waals surface area contributed by atoms with Gasteiger partial charge in [0, 0.05) is 20.3 Å². The summed E-state index contributed by atoms with van der Waals surface area (Å²) in [5, 5.41) is 0. The molecule has 0 bridgehead atoms. The van der Waals surface area contributed by atoms with Gasteiger partial charge in [-0.3, -0.25) is 0 Å². The van der Waals surface area contributed by atoms with Crippen LogP contribution in [-0.4, -0.2) is 23.3 Å². The maximum absolute atomic E-state index is 13.3. The lowest BCUT2D eigenvalue weighted by Gasteiger charge is -2.07. The fourth-order valence-corrected chi connectivity index (χ4v) is 2.39. The van der Waals surface area contributed by atoms with Crippen molar-refractivity contribution >= 4 is 22.6 Å². The van der Waals surface area contributed by atoms with E-state index < -0.39 is 0 Å². The molecular weight excluding hydrogens is 267 g/mol. The molecule has 0 amide bonds. The summed E-state index contributed by atoms with van der Waals surface area (Å²) >= 11 is 5.91. The van der Waals surface area contributed by atoms with Crippen molar-refractivity contribution in [1.29, 1.82) is 0 Å². The average Bonchev–Trinajstić information content (AvgIpc) is 2.76. The van der Waals surface area contributed by atoms with Crippen molar-refractivity contribution in [3.05, 3.63) is 29.8 Å². The highest BCUT2D eigenvalue weighted by Gasteiger charge is 2.10. The number of unbranched alkanes of at least 4 members (excludes halogenated alkanes) is 2. The van der Waals surface area contributed by atoms with Crippen molar-refractivity contribution in [2.24, 2.45) is 0 Å². The van der Waals surface area contributed by atoms with E-state index in [2.05, 4.69) is 4.98 Å². The second kappa shape index (κ2) is 6.87. The number of hydrogen-bond acceptors (Lipinski definition) is 2. The zero-order valence-electron chi connectivity index (χ0n) is 11.0. The molecule has 0 spiro atoms. The second-order valence-corrected chi connectivity index (χ2v) is 4.77. The van der Waals surface area contributed by atoms with Crippen LogP contribution in [0.4, 0.5) is 4.39 Å². The van der Waals surface area contributed by atoms with Crippen molar-refractivity contribution in [3.63, 3.8) is 0 Å². The molecule has 0 radical (unpaired) electrons. The minimum atomic E-state index is -0.242. The minimum absolute atomic E-state index is 0.242. The van der Waals surface area contributed by atoms with E-state index in [4.69, 9.17) is 16.3 Å². The Kier molecular flexibility index (Phi) is 5.16. The largest absolute Gasteiger partial charge is 0.385 e. The maximum Gasteiger partial charge on any atom is 0.125 e. The van der Waals surface area contributed by atoms with Crippen LogP contribution in [0.5, 0.6) is 0 Å². The predicted molar refractivity (Wildman–Crippen MR) is 75.0 cm³/mol. The Balaban J connectivity index is 2.13. The Morgan fingerprint density at radius 1 is 1.32 bits per heavy atom. The van der Waals surface area contributed by atoms with Crippen LogP contribution in [0.2, 0.25) is 0 Å². The van der Waals surface area contributed by atoms with E-state index in [1.165, 1.54) is 12.1 Å². The first-order valence-electron chi connectivity index (χ1n) is 6.46. The third-order valence-electron chi connectivity index (χ3n) is 3.14. The van der Waals surface area contributed by atoms with E-state index in [1.807, 2.05) is 4.57 Å². The summed E-state index contributed by atoms with van der Waals surface area (Å²) in [7, 11) is 1.71. The SMILES string of the molecule is COCCCCCn1c(CCl)nc2ccc(F)cc21. The summed E-state index contributed by atoms with van der Waals surface area (Å²) in [6.45, 7) is 1.59. The van der Waals surface area contributed by atoms with Gasteiger partial charge in [0.1, 0.15) is 11.6 Å². The topological polar surface area (TPSA) is 27.1 Å². The Bertz CT molecular complexity index is 541. The van der Waals surface area contributed by atoms with E-state index in [1.54, 1.807) is 13.2 Å². The van der Waals surface area contributed by atoms with Gasteiger partial charge in [0.25, 0.3) is 0 Å². The molecule has 0 N–H and O–H groups in total. The van der Waals surface area contributed by atoms with E-state index >= 15 is 0 Å². The summed E-state index contributed by atoms with van der Waals surface area (Å²) in [5.74, 6) is 0.900. The monoisotopic (exact) mass is 284 g/mol. The van der Waals surface area contributed by atoms with Crippen molar-refractivity contribution < 1.29 is 9.13 Å². The molecule has 3 nitrogen and oxygen atoms in total. The summed E-state index contributed by atoms with van der Waals surface area (Å²) in [5.41, 5.74) is 1.62. The molecule has 0 saturated heterocycles. The zero-order chi connectivity index (χ0) is 13.7. The molecule has 2 aromatic rings. The molecule has 104 valence electrons. The standard InChI is InChI=1S/C14H18ClFN2O/c1-19-8-4-2-3-7-18-13-9-11(16)5-6-12(13)17-14(18)10-15/h5-6,9H,2-4,7-8,10H2,1H3. The normalized spacial score (nSPS) is 11.3. The third-order valence-corrected chi connectivity index (χ3v) is 3.38. The van der Waals surface area contributed by atoms with E-state index in [0.717, 1.165) is 49.3 Å². The van der Waals surface area contributed by atoms with Crippen molar-refractivity contribution in [2.45, 2.75) is 31.7 Å². The van der Waals surface area contributed by atoms with Crippen LogP contribution in [0.1, 0.15) is 25.1 Å². The number of methoxy groups -OCH3 is 1. The third kappa shape index (κ3) is 3.45. The summed E-state index contributed by atoms with van der Waals surface area (Å²) < 4.78 is 20.4. The molecule has 0 atom stereocenters. The molecule has 0 aliphatic carbocycles. The first-order chi connectivity index (χ1) is 9.26. The Hall–Kier alpha value is -1.13. The number of ether oxygens (including phenoxy) is 1. The fourth-order valence-electron chi connectivity index (χ4n) is 2.19. The quantitative estimate of drug-likeness (QED) is 0.572. The Morgan fingerprint density at radius 2 is 2.16 bits per heavy atom. The first-order valence-corrected chi connectivity index (χ1v) is 6.99. The van der Waals surface area contributed by atoms with Gasteiger partial charge < -0.3 is 9.30 Å². The van der Waals surface area contributed by atoms with Gasteiger partial charge in [-0.2, -0.15) is 0 Å². The van der Waals surface area contributed by atoms with Crippen LogP contribution < -0.4 is 0 Å². The maximum atomic E-state index is 13.3. The van der Waals surface area contributed by atoms with Gasteiger partial charge in [0.05, 0.1) is 16.9 Å². The molecule has 1 aromatic carbocycles. The molecule has 0 aliphatic rings. The van der Waals surface area contributed by atoms with Gasteiger partial charge >= 0.3 is 0 Å². The fraction of sp³-hybridized carbons (Fsp3) is 0.500. The van der Waals surface area contributed by atoms with Gasteiger partial charge in [0.2, 0.25) is 0 Å². The molecule has 5 heteroatoms. The number of fused-ring (bicyclic) bond motifs is 1. The van der Waals surface area contributed by atoms with Crippen molar-refractivity contribution in [3.8, 4) is 0 Å². The van der Waals surface area contributed by atoms with Crippen molar-refractivity contribution in [1.82, 2.24) is 9.55 Å². The van der Waals surface area contributed by atoms with Crippen LogP contribution in [0, 0.1) is 5.82 Å². The smallest absolute Gasteiger partial charge is 0.125 e.